The summed E-state index contributed by atoms with van der Waals surface area (Å²) in [5, 5.41) is 19.6. The fourth-order valence-corrected chi connectivity index (χ4v) is 4.56. The van der Waals surface area contributed by atoms with Gasteiger partial charge < -0.3 is 5.32 Å². The number of benzene rings is 1. The van der Waals surface area contributed by atoms with Crippen LogP contribution in [0.4, 0.5) is 5.00 Å². The molecular formula is C21H16N4OS2. The molecule has 1 N–H and O–H groups in total. The molecule has 0 bridgehead atoms. The van der Waals surface area contributed by atoms with Crippen molar-refractivity contribution in [2.24, 2.45) is 0 Å². The largest absolute Gasteiger partial charge is 0.311 e. The molecule has 0 aliphatic carbocycles. The number of thiophene rings is 2. The first-order valence-corrected chi connectivity index (χ1v) is 10.3. The van der Waals surface area contributed by atoms with Crippen LogP contribution in [0, 0.1) is 25.2 Å². The van der Waals surface area contributed by atoms with Gasteiger partial charge in [-0.15, -0.1) is 22.7 Å². The molecular weight excluding hydrogens is 388 g/mol. The number of nitrogens with one attached hydrogen (secondary N) is 1. The van der Waals surface area contributed by atoms with Gasteiger partial charge in [-0.25, -0.2) is 4.68 Å². The summed E-state index contributed by atoms with van der Waals surface area (Å²) in [6.07, 6.45) is 0. The zero-order valence-electron chi connectivity index (χ0n) is 15.3. The van der Waals surface area contributed by atoms with Gasteiger partial charge >= 0.3 is 0 Å². The molecule has 5 nitrogen and oxygen atoms in total. The van der Waals surface area contributed by atoms with Gasteiger partial charge in [0.1, 0.15) is 22.5 Å². The lowest BCUT2D eigenvalue weighted by molar-refractivity contribution is 0.102. The normalized spacial score (nSPS) is 10.6. The van der Waals surface area contributed by atoms with E-state index < -0.39 is 0 Å². The quantitative estimate of drug-likeness (QED) is 0.495. The van der Waals surface area contributed by atoms with E-state index in [-0.39, 0.29) is 5.91 Å². The van der Waals surface area contributed by atoms with Gasteiger partial charge in [0.2, 0.25) is 0 Å². The van der Waals surface area contributed by atoms with Gasteiger partial charge in [0.05, 0.1) is 16.1 Å². The molecule has 0 radical (unpaired) electrons. The van der Waals surface area contributed by atoms with Crippen molar-refractivity contribution in [3.63, 3.8) is 0 Å². The van der Waals surface area contributed by atoms with Crippen LogP contribution in [0.5, 0.6) is 0 Å². The van der Waals surface area contributed by atoms with Crippen molar-refractivity contribution in [3.05, 3.63) is 75.6 Å². The number of aromatic nitrogens is 2. The van der Waals surface area contributed by atoms with Gasteiger partial charge in [-0.3, -0.25) is 4.79 Å². The van der Waals surface area contributed by atoms with Crippen molar-refractivity contribution in [3.8, 4) is 22.3 Å². The van der Waals surface area contributed by atoms with Crippen LogP contribution < -0.4 is 5.32 Å². The summed E-state index contributed by atoms with van der Waals surface area (Å²) >= 11 is 2.98. The summed E-state index contributed by atoms with van der Waals surface area (Å²) in [6, 6.07) is 17.4. The summed E-state index contributed by atoms with van der Waals surface area (Å²) in [5.41, 5.74) is 3.37. The molecule has 0 atom stereocenters. The minimum atomic E-state index is -0.295. The first-order chi connectivity index (χ1) is 13.6. The van der Waals surface area contributed by atoms with Crippen LogP contribution in [0.25, 0.3) is 16.3 Å². The molecule has 3 aromatic heterocycles. The highest BCUT2D eigenvalue weighted by Crippen LogP contribution is 2.32. The zero-order valence-corrected chi connectivity index (χ0v) is 16.9. The van der Waals surface area contributed by atoms with E-state index in [1.807, 2.05) is 61.7 Å². The minimum absolute atomic E-state index is 0.295. The molecule has 1 aromatic carbocycles. The number of hydrogen-bond acceptors (Lipinski definition) is 5. The van der Waals surface area contributed by atoms with E-state index >= 15 is 0 Å². The lowest BCUT2D eigenvalue weighted by Crippen LogP contribution is -2.16. The van der Waals surface area contributed by atoms with Gasteiger partial charge in [0.25, 0.3) is 5.91 Å². The molecule has 4 aromatic rings. The highest BCUT2D eigenvalue weighted by molar-refractivity contribution is 7.16. The fraction of sp³-hybridized carbons (Fsp3) is 0.0952. The van der Waals surface area contributed by atoms with Crippen molar-refractivity contribution in [1.29, 1.82) is 5.26 Å². The fourth-order valence-electron chi connectivity index (χ4n) is 2.87. The third kappa shape index (κ3) is 3.24. The Morgan fingerprint density at radius 2 is 1.96 bits per heavy atom. The molecule has 3 heterocycles. The Bertz CT molecular complexity index is 1180. The Morgan fingerprint density at radius 1 is 1.18 bits per heavy atom. The number of nitriles is 1. The molecule has 7 heteroatoms. The predicted molar refractivity (Wildman–Crippen MR) is 113 cm³/mol. The third-order valence-electron chi connectivity index (χ3n) is 4.44. The van der Waals surface area contributed by atoms with Crippen molar-refractivity contribution >= 4 is 33.6 Å². The predicted octanol–water partition coefficient (Wildman–Crippen LogP) is 5.40. The van der Waals surface area contributed by atoms with Crippen LogP contribution in [0.2, 0.25) is 0 Å². The Hall–Kier alpha value is -3.21. The van der Waals surface area contributed by atoms with E-state index in [0.29, 0.717) is 16.3 Å². The standard InChI is InChI=1S/C21H16N4OS2/c1-13-14(2)28-21(16(13)12-22)23-20(26)18-11-17(19-9-6-10-27-19)24-25(18)15-7-4-3-5-8-15/h3-11H,1-2H3,(H,23,26). The Labute approximate surface area is 170 Å². The molecule has 1 amide bonds. The molecule has 28 heavy (non-hydrogen) atoms. The number of hydrogen-bond donors (Lipinski definition) is 1. The molecule has 0 fully saturated rings. The van der Waals surface area contributed by atoms with Crippen LogP contribution in [-0.4, -0.2) is 15.7 Å². The lowest BCUT2D eigenvalue weighted by atomic mass is 10.2. The molecule has 0 saturated carbocycles. The number of nitrogens with zero attached hydrogens (tertiary/aromatic N) is 3. The molecule has 0 aliphatic rings. The molecule has 138 valence electrons. The Morgan fingerprint density at radius 3 is 2.64 bits per heavy atom. The second kappa shape index (κ2) is 7.43. The summed E-state index contributed by atoms with van der Waals surface area (Å²) in [6.45, 7) is 3.84. The van der Waals surface area contributed by atoms with E-state index in [1.165, 1.54) is 11.3 Å². The first-order valence-electron chi connectivity index (χ1n) is 8.59. The smallest absolute Gasteiger partial charge is 0.275 e. The maximum atomic E-state index is 13.1. The molecule has 0 aliphatic heterocycles. The molecule has 0 unspecified atom stereocenters. The number of carbonyl (C=O) groups is 1. The van der Waals surface area contributed by atoms with Gasteiger partial charge in [0.15, 0.2) is 0 Å². The monoisotopic (exact) mass is 404 g/mol. The van der Waals surface area contributed by atoms with Crippen molar-refractivity contribution in [2.75, 3.05) is 5.32 Å². The number of para-hydroxylation sites is 1. The van der Waals surface area contributed by atoms with Crippen molar-refractivity contribution in [2.45, 2.75) is 13.8 Å². The summed E-state index contributed by atoms with van der Waals surface area (Å²) < 4.78 is 1.64. The number of rotatable bonds is 4. The van der Waals surface area contributed by atoms with Crippen molar-refractivity contribution < 1.29 is 4.79 Å². The number of amides is 1. The van der Waals surface area contributed by atoms with Crippen LogP contribution in [0.15, 0.2) is 53.9 Å². The summed E-state index contributed by atoms with van der Waals surface area (Å²) in [7, 11) is 0. The number of anilines is 1. The topological polar surface area (TPSA) is 70.7 Å². The highest BCUT2D eigenvalue weighted by Gasteiger charge is 2.21. The summed E-state index contributed by atoms with van der Waals surface area (Å²) in [5.74, 6) is -0.295. The van der Waals surface area contributed by atoms with Crippen LogP contribution in [-0.2, 0) is 0 Å². The van der Waals surface area contributed by atoms with Crippen LogP contribution in [0.1, 0.15) is 26.5 Å². The van der Waals surface area contributed by atoms with E-state index in [1.54, 1.807) is 22.1 Å². The first kappa shape index (κ1) is 18.2. The summed E-state index contributed by atoms with van der Waals surface area (Å²) in [4.78, 5) is 15.1. The zero-order chi connectivity index (χ0) is 19.7. The third-order valence-corrected chi connectivity index (χ3v) is 6.46. The van der Waals surface area contributed by atoms with E-state index in [4.69, 9.17) is 0 Å². The van der Waals surface area contributed by atoms with E-state index in [2.05, 4.69) is 16.5 Å². The minimum Gasteiger partial charge on any atom is -0.311 e. The van der Waals surface area contributed by atoms with Gasteiger partial charge in [-0.1, -0.05) is 24.3 Å². The second-order valence-corrected chi connectivity index (χ2v) is 8.37. The Kier molecular flexibility index (Phi) is 4.82. The van der Waals surface area contributed by atoms with Gasteiger partial charge in [-0.05, 0) is 49.1 Å². The van der Waals surface area contributed by atoms with Crippen LogP contribution >= 0.6 is 22.7 Å². The molecule has 0 saturated heterocycles. The van der Waals surface area contributed by atoms with E-state index in [9.17, 15) is 10.1 Å². The van der Waals surface area contributed by atoms with E-state index in [0.717, 1.165) is 26.7 Å². The van der Waals surface area contributed by atoms with Crippen molar-refractivity contribution in [1.82, 2.24) is 9.78 Å². The molecule has 0 spiro atoms. The maximum absolute atomic E-state index is 13.1. The lowest BCUT2D eigenvalue weighted by Gasteiger charge is -2.07. The maximum Gasteiger partial charge on any atom is 0.275 e. The number of carbonyl (C=O) groups excluding carboxylic acids is 1. The molecule has 4 rings (SSSR count). The average molecular weight is 405 g/mol. The average Bonchev–Trinajstić information content (AvgIpc) is 3.43. The highest BCUT2D eigenvalue weighted by atomic mass is 32.1. The Balaban J connectivity index is 1.77. The second-order valence-electron chi connectivity index (χ2n) is 6.19. The van der Waals surface area contributed by atoms with Crippen LogP contribution in [0.3, 0.4) is 0 Å². The van der Waals surface area contributed by atoms with Gasteiger partial charge in [-0.2, -0.15) is 10.4 Å². The number of aryl methyl sites for hydroxylation is 1. The van der Waals surface area contributed by atoms with Gasteiger partial charge in [0, 0.05) is 4.88 Å². The SMILES string of the molecule is Cc1sc(NC(=O)c2cc(-c3cccs3)nn2-c2ccccc2)c(C#N)c1C.